The Balaban J connectivity index is 1.83. The molecule has 2 heterocycles. The second-order valence-corrected chi connectivity index (χ2v) is 8.40. The molecule has 0 unspecified atom stereocenters. The topological polar surface area (TPSA) is 89.2 Å². The van der Waals surface area contributed by atoms with E-state index < -0.39 is 11.9 Å². The quantitative estimate of drug-likeness (QED) is 0.624. The number of amides is 2. The number of halogens is 2. The van der Waals surface area contributed by atoms with Crippen LogP contribution in [0, 0.1) is 19.7 Å². The van der Waals surface area contributed by atoms with Gasteiger partial charge in [0, 0.05) is 35.2 Å². The molecule has 3 aromatic rings. The number of hydrogen-bond acceptors (Lipinski definition) is 4. The lowest BCUT2D eigenvalue weighted by atomic mass is 10.0. The van der Waals surface area contributed by atoms with Crippen molar-refractivity contribution in [1.82, 2.24) is 14.9 Å². The summed E-state index contributed by atoms with van der Waals surface area (Å²) in [6.45, 7) is 3.71. The highest BCUT2D eigenvalue weighted by Crippen LogP contribution is 2.40. The summed E-state index contributed by atoms with van der Waals surface area (Å²) in [6.07, 6.45) is 4.18. The SMILES string of the molecule is Cc1cnc(C)c(C(=O)N(Cc2cccnc2C(N)=O)[C@@H]2CCc3c(F)cc(Cl)cc32)c1. The molecule has 0 spiro atoms. The van der Waals surface area contributed by atoms with Crippen molar-refractivity contribution in [2.75, 3.05) is 0 Å². The minimum Gasteiger partial charge on any atom is -0.364 e. The summed E-state index contributed by atoms with van der Waals surface area (Å²) < 4.78 is 14.6. The molecule has 1 atom stereocenters. The maximum Gasteiger partial charge on any atom is 0.267 e. The standard InChI is InChI=1S/C24H22ClFN4O2/c1-13-8-18(14(2)29-11-13)24(32)30(12-15-4-3-7-28-22(15)23(27)31)21-6-5-17-19(21)9-16(25)10-20(17)26/h3-4,7-11,21H,5-6,12H2,1-2H3,(H2,27,31)/t21-/m1/s1. The largest absolute Gasteiger partial charge is 0.364 e. The minimum absolute atomic E-state index is 0.0799. The van der Waals surface area contributed by atoms with Crippen molar-refractivity contribution in [3.63, 3.8) is 0 Å². The monoisotopic (exact) mass is 452 g/mol. The Kier molecular flexibility index (Phi) is 5.93. The maximum atomic E-state index is 14.6. The normalized spacial score (nSPS) is 14.8. The van der Waals surface area contributed by atoms with E-state index >= 15 is 0 Å². The van der Waals surface area contributed by atoms with Gasteiger partial charge in [0.25, 0.3) is 11.8 Å². The molecule has 32 heavy (non-hydrogen) atoms. The van der Waals surface area contributed by atoms with Gasteiger partial charge >= 0.3 is 0 Å². The molecule has 0 fully saturated rings. The fraction of sp³-hybridized carbons (Fsp3) is 0.250. The van der Waals surface area contributed by atoms with E-state index in [1.165, 1.54) is 12.3 Å². The first-order valence-electron chi connectivity index (χ1n) is 10.2. The van der Waals surface area contributed by atoms with E-state index in [9.17, 15) is 14.0 Å². The molecule has 2 aromatic heterocycles. The van der Waals surface area contributed by atoms with E-state index in [0.29, 0.717) is 40.8 Å². The summed E-state index contributed by atoms with van der Waals surface area (Å²) in [5.74, 6) is -1.33. The first-order valence-corrected chi connectivity index (χ1v) is 10.6. The van der Waals surface area contributed by atoms with Crippen molar-refractivity contribution in [3.05, 3.63) is 92.8 Å². The van der Waals surface area contributed by atoms with Crippen LogP contribution in [0.1, 0.15) is 61.3 Å². The van der Waals surface area contributed by atoms with Crippen LogP contribution in [0.5, 0.6) is 0 Å². The van der Waals surface area contributed by atoms with Gasteiger partial charge in [-0.05, 0) is 67.6 Å². The van der Waals surface area contributed by atoms with Crippen LogP contribution in [0.25, 0.3) is 0 Å². The van der Waals surface area contributed by atoms with Gasteiger partial charge < -0.3 is 10.6 Å². The predicted molar refractivity (Wildman–Crippen MR) is 119 cm³/mol. The van der Waals surface area contributed by atoms with Gasteiger partial charge in [-0.2, -0.15) is 0 Å². The van der Waals surface area contributed by atoms with Gasteiger partial charge in [0.05, 0.1) is 11.6 Å². The van der Waals surface area contributed by atoms with Crippen molar-refractivity contribution in [2.24, 2.45) is 5.73 Å². The van der Waals surface area contributed by atoms with Gasteiger partial charge in [0.15, 0.2) is 0 Å². The van der Waals surface area contributed by atoms with Crippen LogP contribution in [0.3, 0.4) is 0 Å². The van der Waals surface area contributed by atoms with Gasteiger partial charge in [-0.1, -0.05) is 17.7 Å². The number of carbonyl (C=O) groups is 2. The summed E-state index contributed by atoms with van der Waals surface area (Å²) in [5.41, 5.74) is 9.23. The van der Waals surface area contributed by atoms with E-state index in [4.69, 9.17) is 17.3 Å². The maximum absolute atomic E-state index is 14.6. The lowest BCUT2D eigenvalue weighted by molar-refractivity contribution is 0.0654. The molecule has 0 bridgehead atoms. The summed E-state index contributed by atoms with van der Waals surface area (Å²) in [5, 5.41) is 0.271. The molecule has 0 saturated carbocycles. The molecular weight excluding hydrogens is 431 g/mol. The highest BCUT2D eigenvalue weighted by molar-refractivity contribution is 6.30. The molecule has 8 heteroatoms. The third kappa shape index (κ3) is 4.08. The van der Waals surface area contributed by atoms with Crippen LogP contribution in [0.2, 0.25) is 5.02 Å². The van der Waals surface area contributed by atoms with Gasteiger partial charge in [0.2, 0.25) is 0 Å². The molecular formula is C24H22ClFN4O2. The minimum atomic E-state index is -0.678. The number of nitrogens with zero attached hydrogens (tertiary/aromatic N) is 3. The Labute approximate surface area is 190 Å². The van der Waals surface area contributed by atoms with E-state index in [2.05, 4.69) is 9.97 Å². The number of pyridine rings is 2. The van der Waals surface area contributed by atoms with Crippen molar-refractivity contribution in [2.45, 2.75) is 39.3 Å². The fourth-order valence-corrected chi connectivity index (χ4v) is 4.46. The van der Waals surface area contributed by atoms with Crippen LogP contribution in [-0.4, -0.2) is 26.7 Å². The number of benzene rings is 1. The Morgan fingerprint density at radius 1 is 1.25 bits per heavy atom. The molecule has 4 rings (SSSR count). The Morgan fingerprint density at radius 2 is 2.03 bits per heavy atom. The van der Waals surface area contributed by atoms with Gasteiger partial charge in [-0.15, -0.1) is 0 Å². The first-order chi connectivity index (χ1) is 15.3. The number of hydrogen-bond donors (Lipinski definition) is 1. The molecule has 2 N–H and O–H groups in total. The number of aromatic nitrogens is 2. The highest BCUT2D eigenvalue weighted by atomic mass is 35.5. The third-order valence-electron chi connectivity index (χ3n) is 5.78. The van der Waals surface area contributed by atoms with Crippen LogP contribution in [0.4, 0.5) is 4.39 Å². The first kappa shape index (κ1) is 21.9. The van der Waals surface area contributed by atoms with E-state index in [1.54, 1.807) is 42.3 Å². The molecule has 1 aromatic carbocycles. The third-order valence-corrected chi connectivity index (χ3v) is 6.00. The Morgan fingerprint density at radius 3 is 2.78 bits per heavy atom. The van der Waals surface area contributed by atoms with Crippen molar-refractivity contribution >= 4 is 23.4 Å². The number of rotatable bonds is 5. The lowest BCUT2D eigenvalue weighted by Gasteiger charge is -2.31. The van der Waals surface area contributed by atoms with E-state index in [0.717, 1.165) is 5.56 Å². The molecule has 1 aliphatic carbocycles. The highest BCUT2D eigenvalue weighted by Gasteiger charge is 2.35. The lowest BCUT2D eigenvalue weighted by Crippen LogP contribution is -2.35. The molecule has 0 aliphatic heterocycles. The average molecular weight is 453 g/mol. The zero-order valence-corrected chi connectivity index (χ0v) is 18.5. The zero-order valence-electron chi connectivity index (χ0n) is 17.7. The number of fused-ring (bicyclic) bond motifs is 1. The molecule has 1 aliphatic rings. The molecule has 2 amide bonds. The average Bonchev–Trinajstić information content (AvgIpc) is 3.17. The fourth-order valence-electron chi connectivity index (χ4n) is 4.25. The van der Waals surface area contributed by atoms with Crippen LogP contribution in [-0.2, 0) is 13.0 Å². The number of nitrogens with two attached hydrogens (primary N) is 1. The smallest absolute Gasteiger partial charge is 0.267 e. The number of primary amides is 1. The summed E-state index contributed by atoms with van der Waals surface area (Å²) in [7, 11) is 0. The molecule has 0 saturated heterocycles. The zero-order chi connectivity index (χ0) is 23.0. The number of carbonyl (C=O) groups excluding carboxylic acids is 2. The van der Waals surface area contributed by atoms with E-state index in [1.807, 2.05) is 6.92 Å². The van der Waals surface area contributed by atoms with Gasteiger partial charge in [-0.3, -0.25) is 19.6 Å². The molecule has 6 nitrogen and oxygen atoms in total. The van der Waals surface area contributed by atoms with Crippen LogP contribution >= 0.6 is 11.6 Å². The van der Waals surface area contributed by atoms with Crippen LogP contribution in [0.15, 0.2) is 42.7 Å². The van der Waals surface area contributed by atoms with Crippen molar-refractivity contribution in [3.8, 4) is 0 Å². The molecule has 0 radical (unpaired) electrons. The second-order valence-electron chi connectivity index (χ2n) is 7.96. The van der Waals surface area contributed by atoms with Crippen LogP contribution < -0.4 is 5.73 Å². The van der Waals surface area contributed by atoms with Crippen molar-refractivity contribution in [1.29, 1.82) is 0 Å². The van der Waals surface area contributed by atoms with Gasteiger partial charge in [-0.25, -0.2) is 4.39 Å². The number of aryl methyl sites for hydroxylation is 2. The van der Waals surface area contributed by atoms with Gasteiger partial charge in [0.1, 0.15) is 11.5 Å². The van der Waals surface area contributed by atoms with E-state index in [-0.39, 0.29) is 29.0 Å². The Hall–Kier alpha value is -3.32. The Bertz CT molecular complexity index is 1230. The molecule has 164 valence electrons. The summed E-state index contributed by atoms with van der Waals surface area (Å²) in [4.78, 5) is 35.8. The van der Waals surface area contributed by atoms with Crippen molar-refractivity contribution < 1.29 is 14.0 Å². The summed E-state index contributed by atoms with van der Waals surface area (Å²) >= 11 is 6.14. The second kappa shape index (κ2) is 8.67. The predicted octanol–water partition coefficient (Wildman–Crippen LogP) is 4.31. The summed E-state index contributed by atoms with van der Waals surface area (Å²) in [6, 6.07) is 7.75.